The number of carbonyl (C=O) groups is 1. The summed E-state index contributed by atoms with van der Waals surface area (Å²) in [4.78, 5) is 11.6. The molecule has 1 aliphatic heterocycles. The molecule has 1 fully saturated rings. The average molecular weight is 537 g/mol. The number of nitrogen functional groups attached to an aromatic ring is 1. The molecule has 0 radical (unpaired) electrons. The van der Waals surface area contributed by atoms with Crippen LogP contribution in [0, 0.1) is 17.5 Å². The molecule has 0 aliphatic carbocycles. The van der Waals surface area contributed by atoms with E-state index in [0.29, 0.717) is 36.5 Å². The summed E-state index contributed by atoms with van der Waals surface area (Å²) in [5, 5.41) is 4.69. The second-order valence-electron chi connectivity index (χ2n) is 9.27. The fraction of sp³-hybridized carbons (Fsp3) is 0.267. The van der Waals surface area contributed by atoms with Crippen LogP contribution in [-0.4, -0.2) is 34.1 Å². The van der Waals surface area contributed by atoms with Crippen molar-refractivity contribution in [2.24, 2.45) is 0 Å². The highest BCUT2D eigenvalue weighted by atomic mass is 19.1. The molecule has 2 N–H and O–H groups in total. The Bertz CT molecular complexity index is 1370. The fourth-order valence-electron chi connectivity index (χ4n) is 4.42. The van der Waals surface area contributed by atoms with Crippen molar-refractivity contribution >= 4 is 12.0 Å². The van der Waals surface area contributed by atoms with Gasteiger partial charge in [0.15, 0.2) is 6.23 Å². The van der Waals surface area contributed by atoms with Crippen LogP contribution in [-0.2, 0) is 9.53 Å². The van der Waals surface area contributed by atoms with Crippen LogP contribution in [0.25, 0.3) is 16.8 Å². The molecule has 6 nitrogen and oxygen atoms in total. The van der Waals surface area contributed by atoms with Crippen LogP contribution in [0.3, 0.4) is 0 Å². The zero-order chi connectivity index (χ0) is 27.9. The number of unbranched alkanes of at least 4 members (excludes halogenated alkanes) is 1. The number of nitrogens with zero attached hydrogens (tertiary/aromatic N) is 3. The summed E-state index contributed by atoms with van der Waals surface area (Å²) in [5.41, 5.74) is 9.82. The van der Waals surface area contributed by atoms with Crippen LogP contribution in [0.1, 0.15) is 50.2 Å². The minimum Gasteiger partial charge on any atom is -0.399 e. The number of aldehydes is 1. The van der Waals surface area contributed by atoms with Gasteiger partial charge in [-0.3, -0.25) is 4.90 Å². The highest BCUT2D eigenvalue weighted by Crippen LogP contribution is 2.39. The van der Waals surface area contributed by atoms with E-state index in [9.17, 15) is 18.0 Å². The lowest BCUT2D eigenvalue weighted by Gasteiger charge is -2.29. The third-order valence-corrected chi connectivity index (χ3v) is 6.49. The summed E-state index contributed by atoms with van der Waals surface area (Å²) in [7, 11) is 0. The first kappa shape index (κ1) is 28.1. The summed E-state index contributed by atoms with van der Waals surface area (Å²) in [5.74, 6) is -1.77. The number of benzene rings is 3. The van der Waals surface area contributed by atoms with E-state index in [-0.39, 0.29) is 17.5 Å². The molecule has 0 bridgehead atoms. The molecule has 2 unspecified atom stereocenters. The molecule has 0 amide bonds. The standard InChI is InChI=1S/C26H23F3N4O.C4H8O/c1-16(17-4-8-22(30)9-5-17)32-10-11-34-26(32)25-24(18-2-6-19(27)7-3-18)15-33(31-25)23-13-20(28)12-21(29)14-23;1-2-3-4-5/h2-9,12-16,26H,10-11,30H2,1H3;4H,2-3H2,1H3. The van der Waals surface area contributed by atoms with Crippen molar-refractivity contribution in [2.75, 3.05) is 18.9 Å². The molecule has 2 atom stereocenters. The number of hydrogen-bond donors (Lipinski definition) is 1. The number of ether oxygens (including phenoxy) is 1. The van der Waals surface area contributed by atoms with Crippen molar-refractivity contribution < 1.29 is 22.7 Å². The highest BCUT2D eigenvalue weighted by molar-refractivity contribution is 5.66. The third-order valence-electron chi connectivity index (χ3n) is 6.49. The molecule has 2 heterocycles. The van der Waals surface area contributed by atoms with Gasteiger partial charge in [-0.05, 0) is 60.9 Å². The van der Waals surface area contributed by atoms with E-state index in [1.807, 2.05) is 31.2 Å². The first-order chi connectivity index (χ1) is 18.8. The van der Waals surface area contributed by atoms with Gasteiger partial charge >= 0.3 is 0 Å². The Hall–Kier alpha value is -3.95. The van der Waals surface area contributed by atoms with Crippen LogP contribution < -0.4 is 5.73 Å². The topological polar surface area (TPSA) is 73.4 Å². The molecule has 4 aromatic rings. The van der Waals surface area contributed by atoms with Gasteiger partial charge in [0.25, 0.3) is 0 Å². The lowest BCUT2D eigenvalue weighted by atomic mass is 10.0. The van der Waals surface area contributed by atoms with E-state index in [2.05, 4.69) is 16.9 Å². The monoisotopic (exact) mass is 536 g/mol. The number of halogens is 3. The average Bonchev–Trinajstić information content (AvgIpc) is 3.57. The van der Waals surface area contributed by atoms with E-state index in [1.165, 1.54) is 28.9 Å². The van der Waals surface area contributed by atoms with E-state index in [4.69, 9.17) is 10.5 Å². The number of rotatable bonds is 7. The smallest absolute Gasteiger partial charge is 0.156 e. The van der Waals surface area contributed by atoms with Crippen molar-refractivity contribution in [1.82, 2.24) is 14.7 Å². The molecular weight excluding hydrogens is 505 g/mol. The number of hydrogen-bond acceptors (Lipinski definition) is 5. The Kier molecular flexibility index (Phi) is 9.16. The largest absolute Gasteiger partial charge is 0.399 e. The first-order valence-corrected chi connectivity index (χ1v) is 12.8. The molecule has 1 aromatic heterocycles. The van der Waals surface area contributed by atoms with Crippen LogP contribution >= 0.6 is 0 Å². The van der Waals surface area contributed by atoms with E-state index in [1.54, 1.807) is 18.3 Å². The minimum atomic E-state index is -0.703. The van der Waals surface area contributed by atoms with Gasteiger partial charge in [0.1, 0.15) is 29.4 Å². The number of aromatic nitrogens is 2. The van der Waals surface area contributed by atoms with Gasteiger partial charge in [-0.25, -0.2) is 17.9 Å². The van der Waals surface area contributed by atoms with Crippen LogP contribution in [0.2, 0.25) is 0 Å². The molecule has 204 valence electrons. The van der Waals surface area contributed by atoms with Gasteiger partial charge in [-0.2, -0.15) is 5.10 Å². The third kappa shape index (κ3) is 6.74. The van der Waals surface area contributed by atoms with Gasteiger partial charge in [0, 0.05) is 42.5 Å². The Balaban J connectivity index is 0.000000648. The van der Waals surface area contributed by atoms with E-state index < -0.39 is 17.9 Å². The zero-order valence-electron chi connectivity index (χ0n) is 21.9. The SMILES string of the molecule is CC(c1ccc(N)cc1)N1CCOC1c1nn(-c2cc(F)cc(F)c2)cc1-c1ccc(F)cc1.CCCC=O. The van der Waals surface area contributed by atoms with Gasteiger partial charge in [0.05, 0.1) is 12.3 Å². The maximum absolute atomic E-state index is 13.9. The van der Waals surface area contributed by atoms with Crippen molar-refractivity contribution in [3.05, 3.63) is 102 Å². The zero-order valence-corrected chi connectivity index (χ0v) is 21.9. The molecule has 0 spiro atoms. The maximum Gasteiger partial charge on any atom is 0.156 e. The fourth-order valence-corrected chi connectivity index (χ4v) is 4.42. The van der Waals surface area contributed by atoms with E-state index in [0.717, 1.165) is 29.9 Å². The Morgan fingerprint density at radius 1 is 1.03 bits per heavy atom. The summed E-state index contributed by atoms with van der Waals surface area (Å²) in [6, 6.07) is 16.9. The lowest BCUT2D eigenvalue weighted by molar-refractivity contribution is -0.107. The van der Waals surface area contributed by atoms with Crippen LogP contribution in [0.15, 0.2) is 72.9 Å². The van der Waals surface area contributed by atoms with Gasteiger partial charge in [0.2, 0.25) is 0 Å². The molecule has 1 aliphatic rings. The maximum atomic E-state index is 13.9. The molecular formula is C30H31F3N4O2. The normalized spacial score (nSPS) is 16.0. The van der Waals surface area contributed by atoms with Gasteiger partial charge in [-0.1, -0.05) is 31.2 Å². The van der Waals surface area contributed by atoms with Crippen molar-refractivity contribution in [3.63, 3.8) is 0 Å². The molecule has 0 saturated carbocycles. The second-order valence-corrected chi connectivity index (χ2v) is 9.27. The minimum absolute atomic E-state index is 0.00840. The summed E-state index contributed by atoms with van der Waals surface area (Å²) < 4.78 is 48.9. The molecule has 39 heavy (non-hydrogen) atoms. The Labute approximate surface area is 225 Å². The second kappa shape index (κ2) is 12.7. The summed E-state index contributed by atoms with van der Waals surface area (Å²) in [6.45, 7) is 5.22. The van der Waals surface area contributed by atoms with Gasteiger partial charge in [-0.15, -0.1) is 0 Å². The quantitative estimate of drug-likeness (QED) is 0.212. The van der Waals surface area contributed by atoms with Gasteiger partial charge < -0.3 is 15.3 Å². The molecule has 1 saturated heterocycles. The van der Waals surface area contributed by atoms with Crippen molar-refractivity contribution in [2.45, 2.75) is 39.0 Å². The van der Waals surface area contributed by atoms with Crippen LogP contribution in [0.4, 0.5) is 18.9 Å². The molecule has 5 rings (SSSR count). The summed E-state index contributed by atoms with van der Waals surface area (Å²) in [6.07, 6.45) is 3.79. The molecule has 3 aromatic carbocycles. The highest BCUT2D eigenvalue weighted by Gasteiger charge is 2.35. The Morgan fingerprint density at radius 2 is 1.69 bits per heavy atom. The predicted octanol–water partition coefficient (Wildman–Crippen LogP) is 6.62. The predicted molar refractivity (Wildman–Crippen MR) is 145 cm³/mol. The number of nitrogens with two attached hydrogens (primary N) is 1. The van der Waals surface area contributed by atoms with Crippen LogP contribution in [0.5, 0.6) is 0 Å². The van der Waals surface area contributed by atoms with Crippen molar-refractivity contribution in [3.8, 4) is 16.8 Å². The number of carbonyl (C=O) groups excluding carboxylic acids is 1. The van der Waals surface area contributed by atoms with Crippen molar-refractivity contribution in [1.29, 1.82) is 0 Å². The summed E-state index contributed by atoms with van der Waals surface area (Å²) >= 11 is 0. The number of anilines is 1. The van der Waals surface area contributed by atoms with E-state index >= 15 is 0 Å². The Morgan fingerprint density at radius 3 is 2.28 bits per heavy atom. The molecule has 9 heteroatoms. The lowest BCUT2D eigenvalue weighted by Crippen LogP contribution is -2.28. The first-order valence-electron chi connectivity index (χ1n) is 12.8.